The molecule has 1 heterocycles. The molecule has 1 N–H and O–H groups in total. The molecule has 140 valence electrons. The molecule has 1 fully saturated rings. The van der Waals surface area contributed by atoms with Crippen LogP contribution in [0.2, 0.25) is 0 Å². The molecule has 2 rings (SSSR count). The zero-order valence-corrected chi connectivity index (χ0v) is 15.4. The minimum atomic E-state index is -0.296. The van der Waals surface area contributed by atoms with Crippen LogP contribution in [0.15, 0.2) is 23.4 Å². The van der Waals surface area contributed by atoms with Crippen LogP contribution in [0.1, 0.15) is 13.8 Å². The molecule has 8 heteroatoms. The molecular weight excluding hydrogens is 346 g/mol. The van der Waals surface area contributed by atoms with E-state index in [2.05, 4.69) is 10.2 Å². The summed E-state index contributed by atoms with van der Waals surface area (Å²) in [4.78, 5) is 2.15. The normalized spacial score (nSPS) is 12.9. The van der Waals surface area contributed by atoms with Crippen LogP contribution in [0, 0.1) is 34.0 Å². The lowest BCUT2D eigenvalue weighted by atomic mass is 10.1. The fourth-order valence-electron chi connectivity index (χ4n) is 2.66. The number of hydrogen-bond donors (Lipinski definition) is 1. The fourth-order valence-corrected chi connectivity index (χ4v) is 2.66. The zero-order chi connectivity index (χ0) is 19.6. The number of nitrogens with one attached hydrogen (secondary N) is 1. The third-order valence-corrected chi connectivity index (χ3v) is 3.86. The van der Waals surface area contributed by atoms with Crippen LogP contribution in [0.5, 0.6) is 11.5 Å². The van der Waals surface area contributed by atoms with Gasteiger partial charge in [0.15, 0.2) is 5.57 Å². The van der Waals surface area contributed by atoms with Gasteiger partial charge < -0.3 is 24.4 Å². The van der Waals surface area contributed by atoms with E-state index in [-0.39, 0.29) is 11.3 Å². The Labute approximate surface area is 158 Å². The first-order chi connectivity index (χ1) is 13.2. The van der Waals surface area contributed by atoms with Gasteiger partial charge >= 0.3 is 0 Å². The maximum atomic E-state index is 9.31. The molecule has 1 aliphatic rings. The quantitative estimate of drug-likeness (QED) is 0.731. The summed E-state index contributed by atoms with van der Waals surface area (Å²) in [6.45, 7) is 7.34. The molecule has 0 unspecified atom stereocenters. The molecule has 1 aliphatic heterocycles. The average molecular weight is 367 g/mol. The van der Waals surface area contributed by atoms with E-state index < -0.39 is 0 Å². The van der Waals surface area contributed by atoms with Crippen molar-refractivity contribution in [1.29, 1.82) is 15.8 Å². The number of nitriles is 3. The highest BCUT2D eigenvalue weighted by atomic mass is 16.5. The largest absolute Gasteiger partial charge is 0.492 e. The highest BCUT2D eigenvalue weighted by Crippen LogP contribution is 2.40. The number of allylic oxidation sites excluding steroid dienone is 2. The van der Waals surface area contributed by atoms with Gasteiger partial charge in [-0.3, -0.25) is 0 Å². The van der Waals surface area contributed by atoms with E-state index in [1.165, 1.54) is 0 Å². The summed E-state index contributed by atoms with van der Waals surface area (Å²) in [7, 11) is 0. The van der Waals surface area contributed by atoms with E-state index in [0.717, 1.165) is 18.8 Å². The van der Waals surface area contributed by atoms with Gasteiger partial charge in [0.1, 0.15) is 35.4 Å². The van der Waals surface area contributed by atoms with Crippen molar-refractivity contribution in [2.45, 2.75) is 13.8 Å². The van der Waals surface area contributed by atoms with Crippen LogP contribution in [-0.2, 0) is 4.74 Å². The Morgan fingerprint density at radius 3 is 2.22 bits per heavy atom. The topological polar surface area (TPSA) is 114 Å². The van der Waals surface area contributed by atoms with Crippen molar-refractivity contribution in [1.82, 2.24) is 0 Å². The monoisotopic (exact) mass is 367 g/mol. The van der Waals surface area contributed by atoms with Crippen molar-refractivity contribution >= 4 is 11.4 Å². The van der Waals surface area contributed by atoms with Crippen LogP contribution < -0.4 is 19.7 Å². The number of morpholine rings is 1. The molecule has 1 saturated heterocycles. The molecule has 0 aliphatic carbocycles. The number of ether oxygens (including phenoxy) is 3. The Morgan fingerprint density at radius 1 is 1.04 bits per heavy atom. The summed E-state index contributed by atoms with van der Waals surface area (Å²) in [6, 6.07) is 8.85. The third-order valence-electron chi connectivity index (χ3n) is 3.86. The molecule has 0 aromatic heterocycles. The average Bonchev–Trinajstić information content (AvgIpc) is 2.70. The van der Waals surface area contributed by atoms with E-state index in [1.807, 2.05) is 26.0 Å². The van der Waals surface area contributed by atoms with E-state index in [4.69, 9.17) is 24.7 Å². The minimum absolute atomic E-state index is 0.137. The first-order valence-electron chi connectivity index (χ1n) is 8.66. The van der Waals surface area contributed by atoms with Gasteiger partial charge in [0.25, 0.3) is 0 Å². The summed E-state index contributed by atoms with van der Waals surface area (Å²) in [5.74, 6) is 1.13. The highest BCUT2D eigenvalue weighted by Gasteiger charge is 2.20. The van der Waals surface area contributed by atoms with Gasteiger partial charge in [0.05, 0.1) is 37.8 Å². The highest BCUT2D eigenvalue weighted by molar-refractivity contribution is 5.74. The molecule has 0 spiro atoms. The predicted octanol–water partition coefficient (Wildman–Crippen LogP) is 2.56. The van der Waals surface area contributed by atoms with Gasteiger partial charge in [0, 0.05) is 25.2 Å². The summed E-state index contributed by atoms with van der Waals surface area (Å²) in [5, 5.41) is 30.2. The number of benzene rings is 1. The standard InChI is InChI=1S/C19H21N5O3/c1-3-26-18-10-17(24-5-7-25-8-6-24)19(27-4-2)9-15(18)23-16(13-22)14(11-20)12-21/h9-10,23H,3-8H2,1-2H3. The Bertz CT molecular complexity index is 807. The van der Waals surface area contributed by atoms with Crippen LogP contribution in [0.4, 0.5) is 11.4 Å². The maximum absolute atomic E-state index is 9.31. The van der Waals surface area contributed by atoms with Crippen molar-refractivity contribution < 1.29 is 14.2 Å². The van der Waals surface area contributed by atoms with Gasteiger partial charge in [0.2, 0.25) is 0 Å². The van der Waals surface area contributed by atoms with Crippen molar-refractivity contribution in [3.63, 3.8) is 0 Å². The molecule has 1 aromatic rings. The number of rotatable bonds is 7. The summed E-state index contributed by atoms with van der Waals surface area (Å²) < 4.78 is 16.9. The summed E-state index contributed by atoms with van der Waals surface area (Å²) in [6.07, 6.45) is 0. The van der Waals surface area contributed by atoms with Gasteiger partial charge in [-0.1, -0.05) is 0 Å². The van der Waals surface area contributed by atoms with Crippen molar-refractivity contribution in [2.75, 3.05) is 49.7 Å². The first-order valence-corrected chi connectivity index (χ1v) is 8.66. The van der Waals surface area contributed by atoms with Crippen LogP contribution in [0.25, 0.3) is 0 Å². The minimum Gasteiger partial charge on any atom is -0.492 e. The molecule has 0 radical (unpaired) electrons. The Balaban J connectivity index is 2.52. The molecular formula is C19H21N5O3. The predicted molar refractivity (Wildman–Crippen MR) is 99.3 cm³/mol. The van der Waals surface area contributed by atoms with Gasteiger partial charge in [-0.15, -0.1) is 0 Å². The molecule has 0 saturated carbocycles. The fraction of sp³-hybridized carbons (Fsp3) is 0.421. The van der Waals surface area contributed by atoms with Crippen molar-refractivity contribution in [2.24, 2.45) is 0 Å². The lowest BCUT2D eigenvalue weighted by molar-refractivity contribution is 0.122. The number of anilines is 2. The summed E-state index contributed by atoms with van der Waals surface area (Å²) in [5.41, 5.74) is 0.895. The van der Waals surface area contributed by atoms with E-state index in [9.17, 15) is 5.26 Å². The molecule has 0 bridgehead atoms. The summed E-state index contributed by atoms with van der Waals surface area (Å²) >= 11 is 0. The first kappa shape index (κ1) is 19.9. The lowest BCUT2D eigenvalue weighted by Crippen LogP contribution is -2.36. The van der Waals surface area contributed by atoms with Crippen LogP contribution >= 0.6 is 0 Å². The lowest BCUT2D eigenvalue weighted by Gasteiger charge is -2.31. The maximum Gasteiger partial charge on any atom is 0.163 e. The second kappa shape index (κ2) is 9.91. The van der Waals surface area contributed by atoms with Crippen LogP contribution in [0.3, 0.4) is 0 Å². The van der Waals surface area contributed by atoms with Crippen molar-refractivity contribution in [3.8, 4) is 29.7 Å². The second-order valence-corrected chi connectivity index (χ2v) is 5.49. The number of hydrogen-bond acceptors (Lipinski definition) is 8. The zero-order valence-electron chi connectivity index (χ0n) is 15.4. The SMILES string of the molecule is CCOc1cc(N2CCOCC2)c(OCC)cc1NC(C#N)=C(C#N)C#N. The van der Waals surface area contributed by atoms with Gasteiger partial charge in [-0.05, 0) is 13.8 Å². The Morgan fingerprint density at radius 2 is 1.67 bits per heavy atom. The number of nitrogens with zero attached hydrogens (tertiary/aromatic N) is 4. The van der Waals surface area contributed by atoms with E-state index in [1.54, 1.807) is 18.2 Å². The van der Waals surface area contributed by atoms with Crippen LogP contribution in [-0.4, -0.2) is 39.5 Å². The van der Waals surface area contributed by atoms with E-state index in [0.29, 0.717) is 43.6 Å². The molecule has 1 aromatic carbocycles. The third kappa shape index (κ3) is 4.82. The molecule has 0 amide bonds. The smallest absolute Gasteiger partial charge is 0.163 e. The van der Waals surface area contributed by atoms with E-state index >= 15 is 0 Å². The Hall–Kier alpha value is -3.41. The van der Waals surface area contributed by atoms with Crippen molar-refractivity contribution in [3.05, 3.63) is 23.4 Å². The molecule has 27 heavy (non-hydrogen) atoms. The molecule has 0 atom stereocenters. The van der Waals surface area contributed by atoms with Gasteiger partial charge in [-0.2, -0.15) is 15.8 Å². The Kier molecular flexibility index (Phi) is 7.31. The van der Waals surface area contributed by atoms with Gasteiger partial charge in [-0.25, -0.2) is 0 Å². The second-order valence-electron chi connectivity index (χ2n) is 5.49. The molecule has 8 nitrogen and oxygen atoms in total.